The minimum atomic E-state index is -0.218. The van der Waals surface area contributed by atoms with Crippen molar-refractivity contribution in [2.24, 2.45) is 0 Å². The van der Waals surface area contributed by atoms with Crippen molar-refractivity contribution in [2.45, 2.75) is 25.9 Å². The number of carbonyl (C=O) groups is 1. The van der Waals surface area contributed by atoms with Gasteiger partial charge in [-0.15, -0.1) is 0 Å². The standard InChI is InChI=1S/C24H22BrN3O/c1-17(26-24(29)19-10-7-11-20(25)16-19)23-27-21-12-5-6-13-22(21)28(23)15-14-18-8-3-2-4-9-18/h2-13,16-17H,14-15H2,1H3,(H,26,29). The van der Waals surface area contributed by atoms with E-state index in [0.717, 1.165) is 34.3 Å². The van der Waals surface area contributed by atoms with Crippen molar-refractivity contribution >= 4 is 32.9 Å². The van der Waals surface area contributed by atoms with Crippen LogP contribution in [0.5, 0.6) is 0 Å². The Morgan fingerprint density at radius 3 is 2.59 bits per heavy atom. The maximum Gasteiger partial charge on any atom is 0.251 e. The Bertz CT molecular complexity index is 1140. The van der Waals surface area contributed by atoms with E-state index in [2.05, 4.69) is 56.1 Å². The molecule has 146 valence electrons. The summed E-state index contributed by atoms with van der Waals surface area (Å²) in [7, 11) is 0. The van der Waals surface area contributed by atoms with Gasteiger partial charge in [0.1, 0.15) is 5.82 Å². The Morgan fingerprint density at radius 2 is 1.79 bits per heavy atom. The molecule has 4 nitrogen and oxygen atoms in total. The van der Waals surface area contributed by atoms with Crippen LogP contribution in [0.2, 0.25) is 0 Å². The molecule has 1 aromatic heterocycles. The summed E-state index contributed by atoms with van der Waals surface area (Å²) in [6.45, 7) is 2.78. The summed E-state index contributed by atoms with van der Waals surface area (Å²) in [5, 5.41) is 3.10. The smallest absolute Gasteiger partial charge is 0.251 e. The molecule has 1 unspecified atom stereocenters. The van der Waals surface area contributed by atoms with Crippen molar-refractivity contribution in [1.82, 2.24) is 14.9 Å². The van der Waals surface area contributed by atoms with Crippen molar-refractivity contribution < 1.29 is 4.79 Å². The number of rotatable bonds is 6. The third-order valence-electron chi connectivity index (χ3n) is 4.97. The second-order valence-electron chi connectivity index (χ2n) is 7.05. The number of imidazole rings is 1. The Balaban J connectivity index is 1.61. The highest BCUT2D eigenvalue weighted by Crippen LogP contribution is 2.22. The number of fused-ring (bicyclic) bond motifs is 1. The maximum atomic E-state index is 12.7. The molecule has 3 aromatic carbocycles. The number of hydrogen-bond donors (Lipinski definition) is 1. The lowest BCUT2D eigenvalue weighted by molar-refractivity contribution is 0.0937. The van der Waals surface area contributed by atoms with Gasteiger partial charge in [0, 0.05) is 16.6 Å². The molecule has 0 aliphatic carbocycles. The quantitative estimate of drug-likeness (QED) is 0.422. The summed E-state index contributed by atoms with van der Waals surface area (Å²) in [6.07, 6.45) is 0.903. The van der Waals surface area contributed by atoms with Crippen LogP contribution in [-0.4, -0.2) is 15.5 Å². The first kappa shape index (κ1) is 19.4. The third-order valence-corrected chi connectivity index (χ3v) is 5.47. The zero-order valence-corrected chi connectivity index (χ0v) is 17.8. The summed E-state index contributed by atoms with van der Waals surface area (Å²) < 4.78 is 3.10. The molecule has 0 fully saturated rings. The lowest BCUT2D eigenvalue weighted by atomic mass is 10.1. The highest BCUT2D eigenvalue weighted by molar-refractivity contribution is 9.10. The fourth-order valence-electron chi connectivity index (χ4n) is 3.52. The Labute approximate surface area is 178 Å². The first-order valence-electron chi connectivity index (χ1n) is 9.67. The lowest BCUT2D eigenvalue weighted by Gasteiger charge is -2.17. The fourth-order valence-corrected chi connectivity index (χ4v) is 3.92. The van der Waals surface area contributed by atoms with Crippen LogP contribution in [0.4, 0.5) is 0 Å². The molecule has 0 bridgehead atoms. The average molecular weight is 448 g/mol. The fraction of sp³-hybridized carbons (Fsp3) is 0.167. The molecule has 0 aliphatic rings. The normalized spacial score (nSPS) is 12.1. The van der Waals surface area contributed by atoms with Gasteiger partial charge >= 0.3 is 0 Å². The van der Waals surface area contributed by atoms with E-state index in [1.54, 1.807) is 0 Å². The zero-order chi connectivity index (χ0) is 20.2. The zero-order valence-electron chi connectivity index (χ0n) is 16.2. The number of amides is 1. The highest BCUT2D eigenvalue weighted by atomic mass is 79.9. The first-order valence-corrected chi connectivity index (χ1v) is 10.5. The van der Waals surface area contributed by atoms with Crippen molar-refractivity contribution in [3.63, 3.8) is 0 Å². The van der Waals surface area contributed by atoms with Gasteiger partial charge in [-0.25, -0.2) is 4.98 Å². The Morgan fingerprint density at radius 1 is 1.03 bits per heavy atom. The topological polar surface area (TPSA) is 46.9 Å². The SMILES string of the molecule is CC(NC(=O)c1cccc(Br)c1)c1nc2ccccc2n1CCc1ccccc1. The van der Waals surface area contributed by atoms with Crippen LogP contribution >= 0.6 is 15.9 Å². The van der Waals surface area contributed by atoms with Crippen LogP contribution in [-0.2, 0) is 13.0 Å². The third kappa shape index (κ3) is 4.40. The van der Waals surface area contributed by atoms with E-state index in [4.69, 9.17) is 4.98 Å². The van der Waals surface area contributed by atoms with Crippen LogP contribution < -0.4 is 5.32 Å². The molecule has 1 atom stereocenters. The lowest BCUT2D eigenvalue weighted by Crippen LogP contribution is -2.29. The Kier molecular flexibility index (Phi) is 5.76. The van der Waals surface area contributed by atoms with E-state index >= 15 is 0 Å². The van der Waals surface area contributed by atoms with E-state index in [-0.39, 0.29) is 11.9 Å². The second kappa shape index (κ2) is 8.62. The predicted molar refractivity (Wildman–Crippen MR) is 120 cm³/mol. The molecule has 5 heteroatoms. The molecule has 1 N–H and O–H groups in total. The largest absolute Gasteiger partial charge is 0.342 e. The number of para-hydroxylation sites is 2. The van der Waals surface area contributed by atoms with Gasteiger partial charge in [0.2, 0.25) is 0 Å². The van der Waals surface area contributed by atoms with Gasteiger partial charge in [0.05, 0.1) is 17.1 Å². The van der Waals surface area contributed by atoms with E-state index in [0.29, 0.717) is 5.56 Å². The van der Waals surface area contributed by atoms with E-state index in [1.165, 1.54) is 5.56 Å². The molecule has 1 amide bonds. The first-order chi connectivity index (χ1) is 14.1. The number of carbonyl (C=O) groups excluding carboxylic acids is 1. The number of aromatic nitrogens is 2. The summed E-state index contributed by atoms with van der Waals surface area (Å²) in [6, 6.07) is 25.7. The van der Waals surface area contributed by atoms with Gasteiger partial charge in [0.15, 0.2) is 0 Å². The van der Waals surface area contributed by atoms with Crippen LogP contribution in [0.25, 0.3) is 11.0 Å². The van der Waals surface area contributed by atoms with Crippen LogP contribution in [0, 0.1) is 0 Å². The molecular formula is C24H22BrN3O. The van der Waals surface area contributed by atoms with Gasteiger partial charge < -0.3 is 9.88 Å². The number of benzene rings is 3. The molecular weight excluding hydrogens is 426 g/mol. The summed E-state index contributed by atoms with van der Waals surface area (Å²) in [4.78, 5) is 17.5. The number of nitrogens with one attached hydrogen (secondary N) is 1. The van der Waals surface area contributed by atoms with Crippen molar-refractivity contribution in [1.29, 1.82) is 0 Å². The van der Waals surface area contributed by atoms with Crippen molar-refractivity contribution in [2.75, 3.05) is 0 Å². The van der Waals surface area contributed by atoms with E-state index in [1.807, 2.05) is 55.5 Å². The van der Waals surface area contributed by atoms with Crippen LogP contribution in [0.15, 0.2) is 83.3 Å². The summed E-state index contributed by atoms with van der Waals surface area (Å²) in [5.74, 6) is 0.756. The Hall–Kier alpha value is -2.92. The van der Waals surface area contributed by atoms with Gasteiger partial charge in [-0.2, -0.15) is 0 Å². The molecule has 4 aromatic rings. The average Bonchev–Trinajstić information content (AvgIpc) is 3.12. The number of aryl methyl sites for hydroxylation is 2. The second-order valence-corrected chi connectivity index (χ2v) is 7.97. The number of halogens is 1. The molecule has 0 saturated carbocycles. The van der Waals surface area contributed by atoms with Gasteiger partial charge in [-0.3, -0.25) is 4.79 Å². The summed E-state index contributed by atoms with van der Waals surface area (Å²) in [5.41, 5.74) is 3.93. The highest BCUT2D eigenvalue weighted by Gasteiger charge is 2.19. The van der Waals surface area contributed by atoms with E-state index in [9.17, 15) is 4.79 Å². The molecule has 0 saturated heterocycles. The molecule has 0 aliphatic heterocycles. The maximum absolute atomic E-state index is 12.7. The van der Waals surface area contributed by atoms with E-state index < -0.39 is 0 Å². The molecule has 4 rings (SSSR count). The monoisotopic (exact) mass is 447 g/mol. The molecule has 1 heterocycles. The molecule has 0 spiro atoms. The van der Waals surface area contributed by atoms with Crippen LogP contribution in [0.3, 0.4) is 0 Å². The number of hydrogen-bond acceptors (Lipinski definition) is 2. The van der Waals surface area contributed by atoms with Gasteiger partial charge in [-0.05, 0) is 49.2 Å². The van der Waals surface area contributed by atoms with Gasteiger partial charge in [-0.1, -0.05) is 64.5 Å². The number of nitrogens with zero attached hydrogens (tertiary/aromatic N) is 2. The predicted octanol–water partition coefficient (Wildman–Crippen LogP) is 5.53. The van der Waals surface area contributed by atoms with Crippen molar-refractivity contribution in [3.8, 4) is 0 Å². The van der Waals surface area contributed by atoms with Gasteiger partial charge in [0.25, 0.3) is 5.91 Å². The van der Waals surface area contributed by atoms with Crippen LogP contribution in [0.1, 0.15) is 34.7 Å². The summed E-state index contributed by atoms with van der Waals surface area (Å²) >= 11 is 3.42. The minimum absolute atomic E-state index is 0.111. The molecule has 29 heavy (non-hydrogen) atoms. The van der Waals surface area contributed by atoms with Crippen molar-refractivity contribution in [3.05, 3.63) is 100 Å². The molecule has 0 radical (unpaired) electrons. The minimum Gasteiger partial charge on any atom is -0.342 e.